The predicted molar refractivity (Wildman–Crippen MR) is 239 cm³/mol. The molecule has 61 heavy (non-hydrogen) atoms. The van der Waals surface area contributed by atoms with E-state index in [0.29, 0.717) is 40.6 Å². The van der Waals surface area contributed by atoms with Crippen LogP contribution in [0.2, 0.25) is 0 Å². The maximum atomic E-state index is 9.81. The average Bonchev–Trinajstić information content (AvgIpc) is 3.32. The second-order valence-corrected chi connectivity index (χ2v) is 15.6. The summed E-state index contributed by atoms with van der Waals surface area (Å²) in [6, 6.07) is 32.0. The van der Waals surface area contributed by atoms with Crippen LogP contribution in [0.5, 0.6) is 0 Å². The van der Waals surface area contributed by atoms with Crippen molar-refractivity contribution in [1.82, 2.24) is 19.9 Å². The third-order valence-corrected chi connectivity index (χ3v) is 11.6. The summed E-state index contributed by atoms with van der Waals surface area (Å²) in [7, 11) is 0. The Kier molecular flexibility index (Phi) is 10.1. The number of nitrogens with zero attached hydrogens (tertiary/aromatic N) is 11. The van der Waals surface area contributed by atoms with Crippen LogP contribution in [0.3, 0.4) is 0 Å². The van der Waals surface area contributed by atoms with Crippen molar-refractivity contribution in [3.8, 4) is 12.1 Å². The molecular weight excluding hydrogens is 759 g/mol. The third kappa shape index (κ3) is 7.77. The van der Waals surface area contributed by atoms with Gasteiger partial charge in [-0.25, -0.2) is 29.8 Å². The summed E-state index contributed by atoms with van der Waals surface area (Å²) in [6.07, 6.45) is 17.3. The highest BCUT2D eigenvalue weighted by molar-refractivity contribution is 6.27. The van der Waals surface area contributed by atoms with Gasteiger partial charge in [0.25, 0.3) is 0 Å². The minimum absolute atomic E-state index is 0.0845. The Morgan fingerprint density at radius 2 is 1.30 bits per heavy atom. The van der Waals surface area contributed by atoms with E-state index < -0.39 is 0 Å². The minimum atomic E-state index is 0.0845. The molecule has 0 unspecified atom stereocenters. The quantitative estimate of drug-likeness (QED) is 0.148. The first-order valence-electron chi connectivity index (χ1n) is 20.9. The molecule has 0 atom stereocenters. The number of aromatic nitrogens is 3. The summed E-state index contributed by atoms with van der Waals surface area (Å²) >= 11 is 0. The molecule has 2 aromatic carbocycles. The highest BCUT2D eigenvalue weighted by atomic mass is 15.4. The van der Waals surface area contributed by atoms with Crippen LogP contribution in [0.4, 0.5) is 28.7 Å². The molecule has 7 heterocycles. The molecule has 3 aromatic heterocycles. The van der Waals surface area contributed by atoms with Gasteiger partial charge in [0, 0.05) is 53.5 Å². The number of amidine groups is 1. The number of hydrogen-bond donors (Lipinski definition) is 2. The first-order chi connectivity index (χ1) is 30.1. The second-order valence-electron chi connectivity index (χ2n) is 15.6. The van der Waals surface area contributed by atoms with Crippen LogP contribution in [0.15, 0.2) is 135 Å². The van der Waals surface area contributed by atoms with E-state index in [1.54, 1.807) is 24.5 Å². The van der Waals surface area contributed by atoms with E-state index >= 15 is 0 Å². The van der Waals surface area contributed by atoms with Crippen molar-refractivity contribution in [3.05, 3.63) is 149 Å². The minimum Gasteiger partial charge on any atom is -0.371 e. The van der Waals surface area contributed by atoms with Crippen molar-refractivity contribution in [1.29, 1.82) is 10.5 Å². The molecule has 1 saturated carbocycles. The van der Waals surface area contributed by atoms with Crippen molar-refractivity contribution in [2.75, 3.05) is 28.6 Å². The number of benzene rings is 2. The van der Waals surface area contributed by atoms with Gasteiger partial charge in [0.1, 0.15) is 35.2 Å². The van der Waals surface area contributed by atoms with Crippen molar-refractivity contribution in [2.24, 2.45) is 20.0 Å². The van der Waals surface area contributed by atoms with Crippen LogP contribution >= 0.6 is 0 Å². The molecule has 4 aliphatic heterocycles. The van der Waals surface area contributed by atoms with E-state index in [1.165, 1.54) is 44.1 Å². The first-order valence-corrected chi connectivity index (χ1v) is 20.9. The monoisotopic (exact) mass is 799 g/mol. The molecule has 2 N–H and O–H groups in total. The van der Waals surface area contributed by atoms with Gasteiger partial charge in [0.15, 0.2) is 5.84 Å². The number of rotatable bonds is 9. The average molecular weight is 800 g/mol. The molecule has 2 fully saturated rings. The van der Waals surface area contributed by atoms with Gasteiger partial charge in [0.05, 0.1) is 22.8 Å². The summed E-state index contributed by atoms with van der Waals surface area (Å²) in [5, 5.41) is 26.8. The van der Waals surface area contributed by atoms with Gasteiger partial charge in [-0.05, 0) is 116 Å². The van der Waals surface area contributed by atoms with Crippen LogP contribution in [0, 0.1) is 22.7 Å². The smallest absolute Gasteiger partial charge is 0.239 e. The van der Waals surface area contributed by atoms with Crippen LogP contribution in [0.1, 0.15) is 90.9 Å². The zero-order valence-corrected chi connectivity index (χ0v) is 33.5. The number of allylic oxidation sites excluding steroid dienone is 2. The van der Waals surface area contributed by atoms with Gasteiger partial charge in [-0.15, -0.1) is 0 Å². The molecule has 13 nitrogen and oxygen atoms in total. The zero-order valence-electron chi connectivity index (χ0n) is 33.5. The highest BCUT2D eigenvalue weighted by Gasteiger charge is 2.34. The lowest BCUT2D eigenvalue weighted by Gasteiger charge is -2.33. The fourth-order valence-electron chi connectivity index (χ4n) is 8.63. The fraction of sp³-hybridized carbons (Fsp3) is 0.229. The van der Waals surface area contributed by atoms with Crippen molar-refractivity contribution in [3.63, 3.8) is 0 Å². The molecule has 0 spiro atoms. The van der Waals surface area contributed by atoms with E-state index in [0.717, 1.165) is 65.6 Å². The molecule has 0 bridgehead atoms. The van der Waals surface area contributed by atoms with E-state index in [1.807, 2.05) is 47.4 Å². The Morgan fingerprint density at radius 3 is 1.98 bits per heavy atom. The maximum absolute atomic E-state index is 9.81. The molecular formula is C48H41N13. The van der Waals surface area contributed by atoms with Gasteiger partial charge in [-0.3, -0.25) is 0 Å². The third-order valence-electron chi connectivity index (χ3n) is 11.6. The highest BCUT2D eigenvalue weighted by Crippen LogP contribution is 2.40. The number of nitriles is 2. The van der Waals surface area contributed by atoms with Crippen molar-refractivity contribution >= 4 is 57.9 Å². The number of pyridine rings is 3. The van der Waals surface area contributed by atoms with Crippen LogP contribution in [-0.4, -0.2) is 56.4 Å². The van der Waals surface area contributed by atoms with Crippen molar-refractivity contribution in [2.45, 2.75) is 57.3 Å². The summed E-state index contributed by atoms with van der Waals surface area (Å²) in [5.74, 6) is 2.90. The van der Waals surface area contributed by atoms with Gasteiger partial charge < -0.3 is 15.5 Å². The van der Waals surface area contributed by atoms with Gasteiger partial charge in [0.2, 0.25) is 11.9 Å². The molecule has 10 rings (SSSR count). The molecule has 298 valence electrons. The summed E-state index contributed by atoms with van der Waals surface area (Å²) in [5.41, 5.74) is 8.70. The molecule has 13 heteroatoms. The summed E-state index contributed by atoms with van der Waals surface area (Å²) in [4.78, 5) is 37.9. The Bertz CT molecular complexity index is 2650. The Morgan fingerprint density at radius 1 is 0.623 bits per heavy atom. The van der Waals surface area contributed by atoms with Crippen LogP contribution in [-0.2, 0) is 0 Å². The van der Waals surface area contributed by atoms with Gasteiger partial charge >= 0.3 is 0 Å². The Hall–Kier alpha value is -7.77. The standard InChI is InChI=1S/C48H41N13/c49-29-34-23-33(24-35(30-50)53-34)46-58-47-56-42(38-17-15-32(31-11-3-1-4-12-31)25-40(38)54-44-13-5-7-19-51-44)27-37-28-43(57-48(59-46)61(37)47)39-18-16-36(60-21-9-2-10-22-60)26-41(39)55-45-14-6-8-20-52-45/h5-8,13-20,23-28,31H,1-4,9-12,21-22H2,(H,51,54)(H,52,55). The molecule has 0 amide bonds. The topological polar surface area (TPSA) is 166 Å². The zero-order chi connectivity index (χ0) is 41.1. The number of piperidine rings is 1. The number of nitrogens with one attached hydrogen (secondary N) is 2. The predicted octanol–water partition coefficient (Wildman–Crippen LogP) is 9.36. The summed E-state index contributed by atoms with van der Waals surface area (Å²) < 4.78 is 0. The normalized spacial score (nSPS) is 17.3. The Balaban J connectivity index is 1.14. The van der Waals surface area contributed by atoms with E-state index in [-0.39, 0.29) is 17.2 Å². The first kappa shape index (κ1) is 37.5. The second kappa shape index (κ2) is 16.5. The fourth-order valence-corrected chi connectivity index (χ4v) is 8.63. The van der Waals surface area contributed by atoms with Gasteiger partial charge in [-0.1, -0.05) is 43.5 Å². The van der Waals surface area contributed by atoms with Gasteiger partial charge in [-0.2, -0.15) is 20.5 Å². The van der Waals surface area contributed by atoms with Crippen LogP contribution < -0.4 is 15.5 Å². The molecule has 1 aliphatic carbocycles. The van der Waals surface area contributed by atoms with E-state index in [9.17, 15) is 10.5 Å². The molecule has 1 saturated heterocycles. The number of anilines is 5. The Labute approximate surface area is 354 Å². The van der Waals surface area contributed by atoms with E-state index in [4.69, 9.17) is 20.0 Å². The number of guanidine groups is 2. The number of aliphatic imine (C=N–C) groups is 4. The maximum Gasteiger partial charge on any atom is 0.239 e. The SMILES string of the molecule is N#Cc1cc(C2=NC3=NC(c4ccc(C5CCCCC5)cc4Nc4ccccn4)=CC4=CC(c5ccc(N6CCCCC6)cc5Nc5ccccn5)=NC(=N2)N43)cc(C#N)n1. The molecule has 0 radical (unpaired) electrons. The lowest BCUT2D eigenvalue weighted by Crippen LogP contribution is -2.42. The van der Waals surface area contributed by atoms with E-state index in [2.05, 4.69) is 85.1 Å². The molecule has 5 aliphatic rings. The van der Waals surface area contributed by atoms with Crippen molar-refractivity contribution < 1.29 is 0 Å². The molecule has 5 aromatic rings. The summed E-state index contributed by atoms with van der Waals surface area (Å²) in [6.45, 7) is 2.01. The largest absolute Gasteiger partial charge is 0.371 e. The lowest BCUT2D eigenvalue weighted by molar-refractivity contribution is 0.444. The van der Waals surface area contributed by atoms with Crippen LogP contribution in [0.25, 0.3) is 5.70 Å². The number of hydrogen-bond acceptors (Lipinski definition) is 13. The lowest BCUT2D eigenvalue weighted by atomic mass is 9.83.